The van der Waals surface area contributed by atoms with Crippen molar-refractivity contribution in [2.24, 2.45) is 0 Å². The molecule has 0 unspecified atom stereocenters. The first-order valence-electron chi connectivity index (χ1n) is 15.5. The number of benzene rings is 5. The lowest BCUT2D eigenvalue weighted by Gasteiger charge is -2.19. The molecule has 0 aliphatic carbocycles. The molecule has 214 valence electrons. The van der Waals surface area contributed by atoms with Crippen molar-refractivity contribution in [3.05, 3.63) is 119 Å². The Morgan fingerprint density at radius 1 is 0.523 bits per heavy atom. The zero-order valence-corrected chi connectivity index (χ0v) is 27.9. The molecule has 8 aromatic rings. The largest absolute Gasteiger partial charge is 0.307 e. The van der Waals surface area contributed by atoms with Crippen LogP contribution in [0.25, 0.3) is 64.7 Å². The highest BCUT2D eigenvalue weighted by atomic mass is 32.1. The van der Waals surface area contributed by atoms with Crippen molar-refractivity contribution in [1.29, 1.82) is 0 Å². The quantitative estimate of drug-likeness (QED) is 0.174. The molecule has 0 fully saturated rings. The molecule has 3 aromatic heterocycles. The molecule has 5 aromatic carbocycles. The van der Waals surface area contributed by atoms with E-state index in [1.165, 1.54) is 87.0 Å². The third-order valence-electron chi connectivity index (χ3n) is 9.93. The van der Waals surface area contributed by atoms with E-state index >= 15 is 0 Å². The van der Waals surface area contributed by atoms with Crippen molar-refractivity contribution < 1.29 is 0 Å². The van der Waals surface area contributed by atoms with Crippen LogP contribution in [0, 0.1) is 27.7 Å². The summed E-state index contributed by atoms with van der Waals surface area (Å²) in [6, 6.07) is 37.2. The Morgan fingerprint density at radius 3 is 1.68 bits per heavy atom. The molecule has 2 nitrogen and oxygen atoms in total. The predicted octanol–water partition coefficient (Wildman–Crippen LogP) is 9.98. The van der Waals surface area contributed by atoms with Crippen LogP contribution in [0.5, 0.6) is 0 Å². The SMILES string of the molecule is Cc1ccc(-n2c3cc(C)ccc3c3c2c2cc4c(cc2n3-c2ccc(C)cc2)-c2sc3cc(C)ccc3c2[Si]4(C)C)cc1. The first-order valence-corrected chi connectivity index (χ1v) is 19.3. The average molecular weight is 603 g/mol. The van der Waals surface area contributed by atoms with Gasteiger partial charge in [-0.2, -0.15) is 0 Å². The molecule has 0 radical (unpaired) electrons. The molecule has 1 aliphatic heterocycles. The highest BCUT2D eigenvalue weighted by Gasteiger charge is 2.41. The summed E-state index contributed by atoms with van der Waals surface area (Å²) in [5.74, 6) is 0. The van der Waals surface area contributed by atoms with Crippen LogP contribution < -0.4 is 10.4 Å². The summed E-state index contributed by atoms with van der Waals surface area (Å²) in [7, 11) is -1.95. The number of nitrogens with zero attached hydrogens (tertiary/aromatic N) is 2. The van der Waals surface area contributed by atoms with E-state index in [0.717, 1.165) is 0 Å². The molecule has 0 saturated carbocycles. The Hall–Kier alpha value is -4.38. The average Bonchev–Trinajstić information content (AvgIpc) is 3.69. The van der Waals surface area contributed by atoms with Crippen LogP contribution in [-0.4, -0.2) is 17.2 Å². The topological polar surface area (TPSA) is 9.86 Å². The standard InChI is InChI=1S/C40H34N2SSi/c1-23-7-13-27(14-8-23)41-33-19-25(3)11-17-29(33)37-38(41)31-22-36-32(21-34(31)42(37)28-15-9-24(2)10-16-28)39-40(44(36,5)6)30-18-12-26(4)20-35(30)43-39/h7-22H,1-6H3. The molecule has 0 amide bonds. The minimum absolute atomic E-state index is 1.21. The summed E-state index contributed by atoms with van der Waals surface area (Å²) in [5, 5.41) is 7.27. The molecular weight excluding hydrogens is 569 g/mol. The van der Waals surface area contributed by atoms with Crippen molar-refractivity contribution in [3.63, 3.8) is 0 Å². The number of hydrogen-bond acceptors (Lipinski definition) is 1. The molecular formula is C40H34N2SSi. The second-order valence-electron chi connectivity index (χ2n) is 13.4. The maximum atomic E-state index is 2.59. The van der Waals surface area contributed by atoms with Crippen LogP contribution in [0.4, 0.5) is 0 Å². The van der Waals surface area contributed by atoms with Gasteiger partial charge in [-0.15, -0.1) is 11.3 Å². The van der Waals surface area contributed by atoms with Gasteiger partial charge in [0.05, 0.1) is 22.1 Å². The lowest BCUT2D eigenvalue weighted by atomic mass is 10.1. The van der Waals surface area contributed by atoms with Crippen LogP contribution >= 0.6 is 11.3 Å². The molecule has 0 bridgehead atoms. The monoisotopic (exact) mass is 602 g/mol. The lowest BCUT2D eigenvalue weighted by Crippen LogP contribution is -2.49. The van der Waals surface area contributed by atoms with Gasteiger partial charge in [-0.3, -0.25) is 0 Å². The molecule has 9 rings (SSSR count). The van der Waals surface area contributed by atoms with Gasteiger partial charge < -0.3 is 9.13 Å². The van der Waals surface area contributed by atoms with E-state index in [1.54, 1.807) is 10.4 Å². The van der Waals surface area contributed by atoms with Gasteiger partial charge in [-0.1, -0.05) is 78.8 Å². The van der Waals surface area contributed by atoms with E-state index < -0.39 is 8.07 Å². The number of rotatable bonds is 2. The summed E-state index contributed by atoms with van der Waals surface area (Å²) < 4.78 is 6.48. The zero-order valence-electron chi connectivity index (χ0n) is 26.0. The molecule has 1 aliphatic rings. The highest BCUT2D eigenvalue weighted by Crippen LogP contribution is 2.45. The van der Waals surface area contributed by atoms with E-state index in [0.29, 0.717) is 0 Å². The van der Waals surface area contributed by atoms with Crippen molar-refractivity contribution in [2.75, 3.05) is 0 Å². The number of aromatic nitrogens is 2. The third kappa shape index (κ3) is 3.41. The molecule has 0 N–H and O–H groups in total. The minimum atomic E-state index is -1.95. The Labute approximate surface area is 262 Å². The third-order valence-corrected chi connectivity index (χ3v) is 14.8. The van der Waals surface area contributed by atoms with Crippen LogP contribution in [0.2, 0.25) is 13.1 Å². The van der Waals surface area contributed by atoms with Crippen LogP contribution in [-0.2, 0) is 0 Å². The smallest absolute Gasteiger partial charge is 0.115 e. The van der Waals surface area contributed by atoms with Gasteiger partial charge in [-0.25, -0.2) is 0 Å². The Balaban J connectivity index is 1.48. The summed E-state index contributed by atoms with van der Waals surface area (Å²) in [5.41, 5.74) is 14.2. The van der Waals surface area contributed by atoms with Gasteiger partial charge in [0.15, 0.2) is 0 Å². The second kappa shape index (κ2) is 8.84. The van der Waals surface area contributed by atoms with Crippen molar-refractivity contribution >= 4 is 72.7 Å². The van der Waals surface area contributed by atoms with Crippen molar-refractivity contribution in [2.45, 2.75) is 40.8 Å². The Morgan fingerprint density at radius 2 is 1.05 bits per heavy atom. The molecule has 44 heavy (non-hydrogen) atoms. The molecule has 4 heteroatoms. The van der Waals surface area contributed by atoms with Gasteiger partial charge in [0.2, 0.25) is 0 Å². The van der Waals surface area contributed by atoms with Crippen molar-refractivity contribution in [3.8, 4) is 21.8 Å². The van der Waals surface area contributed by atoms with Gasteiger partial charge >= 0.3 is 0 Å². The fourth-order valence-corrected chi connectivity index (χ4v) is 13.3. The Bertz CT molecular complexity index is 2480. The maximum absolute atomic E-state index is 2.59. The summed E-state index contributed by atoms with van der Waals surface area (Å²) in [6.07, 6.45) is 0. The summed E-state index contributed by atoms with van der Waals surface area (Å²) in [4.78, 5) is 1.49. The first kappa shape index (κ1) is 26.1. The van der Waals surface area contributed by atoms with E-state index in [4.69, 9.17) is 0 Å². The minimum Gasteiger partial charge on any atom is -0.307 e. The zero-order chi connectivity index (χ0) is 30.1. The normalized spacial score (nSPS) is 13.9. The fourth-order valence-electron chi connectivity index (χ4n) is 7.72. The predicted molar refractivity (Wildman–Crippen MR) is 194 cm³/mol. The number of aryl methyl sites for hydroxylation is 4. The first-order chi connectivity index (χ1) is 21.2. The van der Waals surface area contributed by atoms with E-state index in [-0.39, 0.29) is 0 Å². The van der Waals surface area contributed by atoms with Gasteiger partial charge in [0.1, 0.15) is 8.07 Å². The number of hydrogen-bond donors (Lipinski definition) is 0. The van der Waals surface area contributed by atoms with Gasteiger partial charge in [0.25, 0.3) is 0 Å². The van der Waals surface area contributed by atoms with Crippen LogP contribution in [0.1, 0.15) is 22.3 Å². The van der Waals surface area contributed by atoms with E-state index in [9.17, 15) is 0 Å². The van der Waals surface area contributed by atoms with Gasteiger partial charge in [-0.05, 0) is 103 Å². The Kier molecular flexibility index (Phi) is 5.24. The molecule has 0 atom stereocenters. The van der Waals surface area contributed by atoms with Crippen molar-refractivity contribution in [1.82, 2.24) is 9.13 Å². The lowest BCUT2D eigenvalue weighted by molar-refractivity contribution is 1.17. The molecule has 0 spiro atoms. The second-order valence-corrected chi connectivity index (χ2v) is 18.7. The summed E-state index contributed by atoms with van der Waals surface area (Å²) >= 11 is 1.99. The molecule has 0 saturated heterocycles. The maximum Gasteiger partial charge on any atom is 0.115 e. The molecule has 4 heterocycles. The van der Waals surface area contributed by atoms with Crippen LogP contribution in [0.3, 0.4) is 0 Å². The van der Waals surface area contributed by atoms with E-state index in [1.807, 2.05) is 11.3 Å². The van der Waals surface area contributed by atoms with E-state index in [2.05, 4.69) is 147 Å². The summed E-state index contributed by atoms with van der Waals surface area (Å²) in [6.45, 7) is 13.9. The van der Waals surface area contributed by atoms with Gasteiger partial charge in [0, 0.05) is 31.7 Å². The fraction of sp³-hybridized carbons (Fsp3) is 0.150. The highest BCUT2D eigenvalue weighted by molar-refractivity contribution is 7.27. The number of fused-ring (bicyclic) bond motifs is 10. The number of thiophene rings is 1. The van der Waals surface area contributed by atoms with Crippen LogP contribution in [0.15, 0.2) is 97.1 Å².